The lowest BCUT2D eigenvalue weighted by Gasteiger charge is -2.32. The minimum absolute atomic E-state index is 0.366. The summed E-state index contributed by atoms with van der Waals surface area (Å²) in [6.45, 7) is 2.40. The smallest absolute Gasteiger partial charge is 0.0591 e. The summed E-state index contributed by atoms with van der Waals surface area (Å²) in [6, 6.07) is 18.7. The first-order valence-corrected chi connectivity index (χ1v) is 7.96. The third kappa shape index (κ3) is 2.29. The molecule has 108 valence electrons. The second-order valence-electron chi connectivity index (χ2n) is 6.35. The standard InChI is InChI=1S/C19H22N2/c1-21-12-10-14(11-13-21)20-19-17-8-4-2-6-15(17)16-7-3-5-9-18(16)19/h2-9,14,19-20H,10-13H2,1H3. The monoisotopic (exact) mass is 278 g/mol. The van der Waals surface area contributed by atoms with Crippen LogP contribution in [-0.4, -0.2) is 31.1 Å². The van der Waals surface area contributed by atoms with Gasteiger partial charge in [0.2, 0.25) is 0 Å². The zero-order valence-electron chi connectivity index (χ0n) is 12.5. The molecular weight excluding hydrogens is 256 g/mol. The first-order valence-electron chi connectivity index (χ1n) is 7.96. The molecule has 2 aliphatic rings. The van der Waals surface area contributed by atoms with Crippen molar-refractivity contribution in [3.63, 3.8) is 0 Å². The molecule has 0 bridgehead atoms. The van der Waals surface area contributed by atoms with Gasteiger partial charge in [-0.3, -0.25) is 0 Å². The van der Waals surface area contributed by atoms with E-state index in [1.807, 2.05) is 0 Å². The van der Waals surface area contributed by atoms with Crippen molar-refractivity contribution < 1.29 is 0 Å². The van der Waals surface area contributed by atoms with Crippen molar-refractivity contribution in [2.24, 2.45) is 0 Å². The van der Waals surface area contributed by atoms with Gasteiger partial charge < -0.3 is 10.2 Å². The first kappa shape index (κ1) is 13.1. The molecule has 0 radical (unpaired) electrons. The minimum atomic E-state index is 0.366. The fraction of sp³-hybridized carbons (Fsp3) is 0.368. The number of nitrogens with zero attached hydrogens (tertiary/aromatic N) is 1. The van der Waals surface area contributed by atoms with E-state index in [9.17, 15) is 0 Å². The Morgan fingerprint density at radius 3 is 1.95 bits per heavy atom. The Morgan fingerprint density at radius 2 is 1.38 bits per heavy atom. The average Bonchev–Trinajstić information content (AvgIpc) is 2.85. The van der Waals surface area contributed by atoms with Gasteiger partial charge in [-0.2, -0.15) is 0 Å². The van der Waals surface area contributed by atoms with Crippen LogP contribution in [0.25, 0.3) is 11.1 Å². The maximum absolute atomic E-state index is 3.92. The van der Waals surface area contributed by atoms with E-state index in [1.165, 1.54) is 48.2 Å². The van der Waals surface area contributed by atoms with E-state index >= 15 is 0 Å². The average molecular weight is 278 g/mol. The molecule has 1 fully saturated rings. The summed E-state index contributed by atoms with van der Waals surface area (Å²) in [6.07, 6.45) is 2.49. The zero-order valence-corrected chi connectivity index (χ0v) is 12.5. The summed E-state index contributed by atoms with van der Waals surface area (Å²) in [5, 5.41) is 3.92. The molecule has 0 amide bonds. The predicted octanol–water partition coefficient (Wildman–Crippen LogP) is 3.44. The van der Waals surface area contributed by atoms with Gasteiger partial charge in [0.1, 0.15) is 0 Å². The number of nitrogens with one attached hydrogen (secondary N) is 1. The normalized spacial score (nSPS) is 19.5. The summed E-state index contributed by atoms with van der Waals surface area (Å²) < 4.78 is 0. The number of benzene rings is 2. The molecule has 1 saturated heterocycles. The first-order chi connectivity index (χ1) is 10.3. The Labute approximate surface area is 126 Å². The van der Waals surface area contributed by atoms with Crippen LogP contribution in [0.3, 0.4) is 0 Å². The highest BCUT2D eigenvalue weighted by atomic mass is 15.1. The van der Waals surface area contributed by atoms with Crippen LogP contribution in [-0.2, 0) is 0 Å². The zero-order chi connectivity index (χ0) is 14.2. The van der Waals surface area contributed by atoms with Crippen molar-refractivity contribution in [3.8, 4) is 11.1 Å². The fourth-order valence-electron chi connectivity index (χ4n) is 3.75. The molecule has 4 rings (SSSR count). The lowest BCUT2D eigenvalue weighted by atomic mass is 10.00. The second-order valence-corrected chi connectivity index (χ2v) is 6.35. The van der Waals surface area contributed by atoms with E-state index in [1.54, 1.807) is 0 Å². The molecule has 2 heteroatoms. The van der Waals surface area contributed by atoms with E-state index in [4.69, 9.17) is 0 Å². The van der Waals surface area contributed by atoms with E-state index in [0.29, 0.717) is 12.1 Å². The third-order valence-corrected chi connectivity index (χ3v) is 4.95. The summed E-state index contributed by atoms with van der Waals surface area (Å²) in [4.78, 5) is 2.43. The molecule has 1 aliphatic carbocycles. The quantitative estimate of drug-likeness (QED) is 0.905. The van der Waals surface area contributed by atoms with E-state index in [-0.39, 0.29) is 0 Å². The number of fused-ring (bicyclic) bond motifs is 3. The van der Waals surface area contributed by atoms with Crippen molar-refractivity contribution in [2.75, 3.05) is 20.1 Å². The third-order valence-electron chi connectivity index (χ3n) is 4.95. The molecule has 1 aliphatic heterocycles. The highest BCUT2D eigenvalue weighted by molar-refractivity contribution is 5.78. The molecule has 1 N–H and O–H groups in total. The fourth-order valence-corrected chi connectivity index (χ4v) is 3.75. The van der Waals surface area contributed by atoms with Crippen molar-refractivity contribution in [2.45, 2.75) is 24.9 Å². The van der Waals surface area contributed by atoms with Crippen LogP contribution in [0, 0.1) is 0 Å². The number of hydrogen-bond donors (Lipinski definition) is 1. The van der Waals surface area contributed by atoms with Crippen molar-refractivity contribution in [1.29, 1.82) is 0 Å². The summed E-state index contributed by atoms with van der Waals surface area (Å²) in [7, 11) is 2.22. The van der Waals surface area contributed by atoms with Gasteiger partial charge in [0.25, 0.3) is 0 Å². The van der Waals surface area contributed by atoms with Crippen LogP contribution in [0.2, 0.25) is 0 Å². The van der Waals surface area contributed by atoms with Gasteiger partial charge >= 0.3 is 0 Å². The predicted molar refractivity (Wildman–Crippen MR) is 87.4 cm³/mol. The van der Waals surface area contributed by atoms with Crippen LogP contribution in [0.15, 0.2) is 48.5 Å². The van der Waals surface area contributed by atoms with E-state index in [0.717, 1.165) is 0 Å². The molecular formula is C19H22N2. The summed E-state index contributed by atoms with van der Waals surface area (Å²) in [5.41, 5.74) is 5.69. The molecule has 2 aromatic carbocycles. The van der Waals surface area contributed by atoms with Crippen LogP contribution in [0.1, 0.15) is 30.0 Å². The number of hydrogen-bond acceptors (Lipinski definition) is 2. The SMILES string of the molecule is CN1CCC(NC2c3ccccc3-c3ccccc32)CC1. The molecule has 21 heavy (non-hydrogen) atoms. The van der Waals surface area contributed by atoms with Crippen LogP contribution < -0.4 is 5.32 Å². The molecule has 0 spiro atoms. The van der Waals surface area contributed by atoms with Gasteiger partial charge in [0.05, 0.1) is 6.04 Å². The minimum Gasteiger partial charge on any atom is -0.306 e. The molecule has 2 nitrogen and oxygen atoms in total. The molecule has 0 atom stereocenters. The Balaban J connectivity index is 1.66. The number of rotatable bonds is 2. The van der Waals surface area contributed by atoms with Crippen molar-refractivity contribution in [1.82, 2.24) is 10.2 Å². The van der Waals surface area contributed by atoms with Gasteiger partial charge in [0.15, 0.2) is 0 Å². The largest absolute Gasteiger partial charge is 0.306 e. The molecule has 0 aromatic heterocycles. The maximum atomic E-state index is 3.92. The Bertz CT molecular complexity index is 596. The molecule has 0 saturated carbocycles. The lowest BCUT2D eigenvalue weighted by molar-refractivity contribution is 0.229. The maximum Gasteiger partial charge on any atom is 0.0591 e. The van der Waals surface area contributed by atoms with Gasteiger partial charge in [0, 0.05) is 6.04 Å². The lowest BCUT2D eigenvalue weighted by Crippen LogP contribution is -2.42. The highest BCUT2D eigenvalue weighted by Gasteiger charge is 2.30. The Morgan fingerprint density at radius 1 is 0.857 bits per heavy atom. The van der Waals surface area contributed by atoms with Crippen LogP contribution in [0.4, 0.5) is 0 Å². The number of piperidine rings is 1. The number of likely N-dealkylation sites (tertiary alicyclic amines) is 1. The van der Waals surface area contributed by atoms with Crippen LogP contribution >= 0.6 is 0 Å². The molecule has 2 aromatic rings. The Hall–Kier alpha value is -1.64. The van der Waals surface area contributed by atoms with Gasteiger partial charge in [-0.05, 0) is 55.2 Å². The van der Waals surface area contributed by atoms with Gasteiger partial charge in [-0.1, -0.05) is 48.5 Å². The topological polar surface area (TPSA) is 15.3 Å². The molecule has 0 unspecified atom stereocenters. The van der Waals surface area contributed by atoms with Gasteiger partial charge in [-0.15, -0.1) is 0 Å². The van der Waals surface area contributed by atoms with Crippen molar-refractivity contribution in [3.05, 3.63) is 59.7 Å². The highest BCUT2D eigenvalue weighted by Crippen LogP contribution is 2.43. The van der Waals surface area contributed by atoms with Gasteiger partial charge in [-0.25, -0.2) is 0 Å². The van der Waals surface area contributed by atoms with Crippen molar-refractivity contribution >= 4 is 0 Å². The van der Waals surface area contributed by atoms with Crippen LogP contribution in [0.5, 0.6) is 0 Å². The molecule has 1 heterocycles. The second kappa shape index (κ2) is 5.28. The Kier molecular flexibility index (Phi) is 3.28. The van der Waals surface area contributed by atoms with E-state index in [2.05, 4.69) is 65.8 Å². The van der Waals surface area contributed by atoms with E-state index < -0.39 is 0 Å². The summed E-state index contributed by atoms with van der Waals surface area (Å²) in [5.74, 6) is 0. The summed E-state index contributed by atoms with van der Waals surface area (Å²) >= 11 is 0.